The van der Waals surface area contributed by atoms with E-state index in [0.29, 0.717) is 32.9 Å². The number of hydrogen-bond acceptors (Lipinski definition) is 3. The molecule has 2 heterocycles. The number of hydrogen-bond donors (Lipinski definition) is 1. The van der Waals surface area contributed by atoms with Gasteiger partial charge < -0.3 is 9.88 Å². The minimum Gasteiger partial charge on any atom is -0.385 e. The maximum Gasteiger partial charge on any atom is 0.418 e. The second-order valence-corrected chi connectivity index (χ2v) is 10.3. The van der Waals surface area contributed by atoms with E-state index in [2.05, 4.69) is 5.32 Å². The summed E-state index contributed by atoms with van der Waals surface area (Å²) in [6.07, 6.45) is -4.55. The molecule has 39 heavy (non-hydrogen) atoms. The molecule has 2 aromatic heterocycles. The van der Waals surface area contributed by atoms with Gasteiger partial charge >= 0.3 is 6.18 Å². The van der Waals surface area contributed by atoms with Crippen molar-refractivity contribution in [3.05, 3.63) is 111 Å². The summed E-state index contributed by atoms with van der Waals surface area (Å²) in [5, 5.41) is 3.77. The van der Waals surface area contributed by atoms with E-state index in [0.717, 1.165) is 18.2 Å². The first kappa shape index (κ1) is 26.9. The third kappa shape index (κ3) is 5.29. The number of benzene rings is 3. The molecule has 5 rings (SSSR count). The highest BCUT2D eigenvalue weighted by Crippen LogP contribution is 2.41. The number of aromatic nitrogens is 1. The number of nitrogens with zero attached hydrogens (tertiary/aromatic N) is 1. The molecule has 0 amide bonds. The zero-order valence-corrected chi connectivity index (χ0v) is 21.9. The highest BCUT2D eigenvalue weighted by Gasteiger charge is 2.34. The second-order valence-electron chi connectivity index (χ2n) is 8.81. The van der Waals surface area contributed by atoms with Crippen LogP contribution in [0.25, 0.3) is 31.8 Å². The Balaban J connectivity index is 1.66. The van der Waals surface area contributed by atoms with Gasteiger partial charge in [-0.2, -0.15) is 13.2 Å². The van der Waals surface area contributed by atoms with E-state index in [1.807, 2.05) is 0 Å². The van der Waals surface area contributed by atoms with Crippen molar-refractivity contribution in [3.63, 3.8) is 0 Å². The van der Waals surface area contributed by atoms with E-state index in [1.165, 1.54) is 28.0 Å². The quantitative estimate of drug-likeness (QED) is 0.206. The van der Waals surface area contributed by atoms with E-state index in [-0.39, 0.29) is 28.2 Å². The van der Waals surface area contributed by atoms with Crippen molar-refractivity contribution in [2.24, 2.45) is 0 Å². The van der Waals surface area contributed by atoms with E-state index in [9.17, 15) is 26.7 Å². The molecule has 10 heteroatoms. The maximum atomic E-state index is 14.6. The van der Waals surface area contributed by atoms with Crippen LogP contribution in [-0.4, -0.2) is 11.1 Å². The molecule has 0 fully saturated rings. The first-order chi connectivity index (χ1) is 18.6. The SMILES string of the molecule is CCNc1ccc(-c2ccc(-c3cc4cccc(Cl)c4c(=O)n3Cc3ccc(F)cc3F)s2)cc1C(F)(F)F. The summed E-state index contributed by atoms with van der Waals surface area (Å²) in [6, 6.07) is 17.3. The highest BCUT2D eigenvalue weighted by molar-refractivity contribution is 7.18. The van der Waals surface area contributed by atoms with E-state index < -0.39 is 28.9 Å². The minimum atomic E-state index is -4.55. The van der Waals surface area contributed by atoms with Gasteiger partial charge in [-0.05, 0) is 60.3 Å². The van der Waals surface area contributed by atoms with Gasteiger partial charge in [0.15, 0.2) is 0 Å². The van der Waals surface area contributed by atoms with Gasteiger partial charge in [-0.25, -0.2) is 8.78 Å². The van der Waals surface area contributed by atoms with Crippen molar-refractivity contribution in [2.75, 3.05) is 11.9 Å². The monoisotopic (exact) mass is 574 g/mol. The lowest BCUT2D eigenvalue weighted by atomic mass is 10.1. The predicted molar refractivity (Wildman–Crippen MR) is 147 cm³/mol. The van der Waals surface area contributed by atoms with Crippen molar-refractivity contribution < 1.29 is 22.0 Å². The van der Waals surface area contributed by atoms with Gasteiger partial charge in [0.05, 0.1) is 33.1 Å². The summed E-state index contributed by atoms with van der Waals surface area (Å²) in [4.78, 5) is 14.7. The molecule has 0 atom stereocenters. The van der Waals surface area contributed by atoms with Gasteiger partial charge in [-0.1, -0.05) is 35.9 Å². The number of thiophene rings is 1. The number of nitrogens with one attached hydrogen (secondary N) is 1. The highest BCUT2D eigenvalue weighted by atomic mass is 35.5. The molecule has 0 bridgehead atoms. The molecule has 0 unspecified atom stereocenters. The van der Waals surface area contributed by atoms with Crippen LogP contribution in [0.15, 0.2) is 77.6 Å². The van der Waals surface area contributed by atoms with Crippen molar-refractivity contribution in [1.82, 2.24) is 4.57 Å². The van der Waals surface area contributed by atoms with Gasteiger partial charge in [0, 0.05) is 28.7 Å². The molecule has 0 aliphatic rings. The molecular weight excluding hydrogens is 555 g/mol. The van der Waals surface area contributed by atoms with Crippen molar-refractivity contribution in [1.29, 1.82) is 0 Å². The summed E-state index contributed by atoms with van der Waals surface area (Å²) in [5.74, 6) is -1.55. The van der Waals surface area contributed by atoms with Crippen LogP contribution in [0.2, 0.25) is 5.02 Å². The van der Waals surface area contributed by atoms with Crippen molar-refractivity contribution in [2.45, 2.75) is 19.6 Å². The van der Waals surface area contributed by atoms with E-state index in [4.69, 9.17) is 11.6 Å². The Morgan fingerprint density at radius 2 is 1.72 bits per heavy atom. The Morgan fingerprint density at radius 3 is 2.44 bits per heavy atom. The maximum absolute atomic E-state index is 14.6. The number of rotatable bonds is 6. The number of fused-ring (bicyclic) bond motifs is 1. The largest absolute Gasteiger partial charge is 0.418 e. The average molecular weight is 575 g/mol. The normalized spacial score (nSPS) is 11.8. The van der Waals surface area contributed by atoms with E-state index in [1.54, 1.807) is 49.4 Å². The second kappa shape index (κ2) is 10.5. The number of anilines is 1. The summed E-state index contributed by atoms with van der Waals surface area (Å²) >= 11 is 7.52. The lowest BCUT2D eigenvalue weighted by molar-refractivity contribution is -0.136. The van der Waals surface area contributed by atoms with Crippen molar-refractivity contribution in [3.8, 4) is 21.0 Å². The number of alkyl halides is 3. The van der Waals surface area contributed by atoms with Crippen LogP contribution >= 0.6 is 22.9 Å². The molecule has 0 saturated carbocycles. The number of halogens is 6. The molecule has 1 N–H and O–H groups in total. The van der Waals surface area contributed by atoms with E-state index >= 15 is 0 Å². The minimum absolute atomic E-state index is 0.00731. The lowest BCUT2D eigenvalue weighted by Crippen LogP contribution is -2.23. The molecule has 0 spiro atoms. The smallest absolute Gasteiger partial charge is 0.385 e. The summed E-state index contributed by atoms with van der Waals surface area (Å²) in [6.45, 7) is 1.85. The third-order valence-corrected chi connectivity index (χ3v) is 7.74. The van der Waals surface area contributed by atoms with Gasteiger partial charge in [-0.3, -0.25) is 4.79 Å². The molecule has 0 aliphatic heterocycles. The summed E-state index contributed by atoms with van der Waals surface area (Å²) in [5.41, 5.74) is -0.372. The zero-order chi connectivity index (χ0) is 27.9. The van der Waals surface area contributed by atoms with Gasteiger partial charge in [0.2, 0.25) is 0 Å². The van der Waals surface area contributed by atoms with Crippen molar-refractivity contribution >= 4 is 39.4 Å². The van der Waals surface area contributed by atoms with Gasteiger partial charge in [-0.15, -0.1) is 11.3 Å². The van der Waals surface area contributed by atoms with Crippen LogP contribution in [0.1, 0.15) is 18.1 Å². The predicted octanol–water partition coefficient (Wildman–Crippen LogP) is 8.83. The average Bonchev–Trinajstić information content (AvgIpc) is 3.37. The molecule has 5 aromatic rings. The van der Waals surface area contributed by atoms with Crippen LogP contribution in [0, 0.1) is 11.6 Å². The topological polar surface area (TPSA) is 34.0 Å². The molecular formula is C29H20ClF5N2OS. The fourth-order valence-electron chi connectivity index (χ4n) is 4.45. The van der Waals surface area contributed by atoms with Gasteiger partial charge in [0.25, 0.3) is 5.56 Å². The Kier molecular flexibility index (Phi) is 7.22. The molecule has 0 saturated heterocycles. The Hall–Kier alpha value is -3.69. The first-order valence-electron chi connectivity index (χ1n) is 11.9. The Morgan fingerprint density at radius 1 is 0.949 bits per heavy atom. The van der Waals surface area contributed by atoms with Crippen LogP contribution in [-0.2, 0) is 12.7 Å². The molecule has 3 nitrogen and oxygen atoms in total. The van der Waals surface area contributed by atoms with Crippen LogP contribution in [0.3, 0.4) is 0 Å². The standard InChI is InChI=1S/C29H20ClF5N2OS/c1-2-36-23-9-7-16(12-20(23)29(33,34)35)25-10-11-26(39-25)24-13-17-4-3-5-21(30)27(17)28(38)37(24)15-18-6-8-19(31)14-22(18)32/h3-14,36H,2,15H2,1H3. The van der Waals surface area contributed by atoms with Gasteiger partial charge in [0.1, 0.15) is 11.6 Å². The molecule has 3 aromatic carbocycles. The first-order valence-corrected chi connectivity index (χ1v) is 13.1. The van der Waals surface area contributed by atoms with Crippen LogP contribution in [0.5, 0.6) is 0 Å². The zero-order valence-electron chi connectivity index (χ0n) is 20.4. The van der Waals surface area contributed by atoms with Crippen LogP contribution in [0.4, 0.5) is 27.6 Å². The summed E-state index contributed by atoms with van der Waals surface area (Å²) in [7, 11) is 0. The Bertz CT molecular complexity index is 1760. The summed E-state index contributed by atoms with van der Waals surface area (Å²) < 4.78 is 70.6. The fraction of sp³-hybridized carbons (Fsp3) is 0.138. The molecule has 200 valence electrons. The Labute approximate surface area is 229 Å². The lowest BCUT2D eigenvalue weighted by Gasteiger charge is -2.15. The van der Waals surface area contributed by atoms with Crippen LogP contribution < -0.4 is 10.9 Å². The number of pyridine rings is 1. The fourth-order valence-corrected chi connectivity index (χ4v) is 5.74. The third-order valence-electron chi connectivity index (χ3n) is 6.27. The molecule has 0 radical (unpaired) electrons. The molecule has 0 aliphatic carbocycles.